The molecular formula is C32H41N3O5. The smallest absolute Gasteiger partial charge is 0.429 e. The predicted molar refractivity (Wildman–Crippen MR) is 156 cm³/mol. The number of benzene rings is 3. The molecule has 40 heavy (non-hydrogen) atoms. The summed E-state index contributed by atoms with van der Waals surface area (Å²) in [5.74, 6) is 0.861. The zero-order valence-corrected chi connectivity index (χ0v) is 23.8. The fourth-order valence-corrected chi connectivity index (χ4v) is 4.20. The van der Waals surface area contributed by atoms with Crippen LogP contribution in [0, 0.1) is 0 Å². The molecule has 0 aromatic heterocycles. The van der Waals surface area contributed by atoms with Gasteiger partial charge in [0.15, 0.2) is 0 Å². The third-order valence-electron chi connectivity index (χ3n) is 6.53. The fourth-order valence-electron chi connectivity index (χ4n) is 4.20. The average Bonchev–Trinajstić information content (AvgIpc) is 3.00. The molecule has 0 bridgehead atoms. The van der Waals surface area contributed by atoms with Gasteiger partial charge in [-0.25, -0.2) is 20.0 Å². The van der Waals surface area contributed by atoms with Crippen molar-refractivity contribution in [1.29, 1.82) is 0 Å². The van der Waals surface area contributed by atoms with E-state index in [0.717, 1.165) is 36.4 Å². The number of nitrogens with one attached hydrogen (secondary N) is 1. The van der Waals surface area contributed by atoms with Gasteiger partial charge < -0.3 is 19.1 Å². The van der Waals surface area contributed by atoms with Crippen molar-refractivity contribution < 1.29 is 23.8 Å². The molecule has 3 aromatic rings. The summed E-state index contributed by atoms with van der Waals surface area (Å²) >= 11 is 0. The topological polar surface area (TPSA) is 80.3 Å². The largest absolute Gasteiger partial charge is 0.494 e. The molecule has 214 valence electrons. The van der Waals surface area contributed by atoms with E-state index >= 15 is 0 Å². The zero-order chi connectivity index (χ0) is 28.6. The summed E-state index contributed by atoms with van der Waals surface area (Å²) in [5, 5.41) is 1.27. The summed E-state index contributed by atoms with van der Waals surface area (Å²) in [6, 6.07) is 26.6. The summed E-state index contributed by atoms with van der Waals surface area (Å²) in [6.45, 7) is 9.02. The molecule has 0 saturated carbocycles. The lowest BCUT2D eigenvalue weighted by atomic mass is 10.1. The minimum atomic E-state index is -0.712. The molecule has 1 N–H and O–H groups in total. The third-order valence-corrected chi connectivity index (χ3v) is 6.53. The van der Waals surface area contributed by atoms with E-state index in [-0.39, 0.29) is 19.3 Å². The predicted octanol–water partition coefficient (Wildman–Crippen LogP) is 6.21. The van der Waals surface area contributed by atoms with Gasteiger partial charge in [-0.05, 0) is 55.1 Å². The second kappa shape index (κ2) is 16.8. The van der Waals surface area contributed by atoms with E-state index in [0.29, 0.717) is 19.6 Å². The number of amides is 2. The number of nitrogens with zero attached hydrogens (tertiary/aromatic N) is 2. The molecule has 3 aromatic carbocycles. The van der Waals surface area contributed by atoms with Gasteiger partial charge in [-0.15, -0.1) is 0 Å². The van der Waals surface area contributed by atoms with Crippen LogP contribution in [0.15, 0.2) is 84.9 Å². The molecule has 0 fully saturated rings. The molecule has 1 atom stereocenters. The van der Waals surface area contributed by atoms with Crippen molar-refractivity contribution in [1.82, 2.24) is 15.3 Å². The summed E-state index contributed by atoms with van der Waals surface area (Å²) in [5.41, 5.74) is 5.58. The number of carbonyl (C=O) groups is 2. The van der Waals surface area contributed by atoms with Crippen molar-refractivity contribution in [2.75, 3.05) is 26.2 Å². The monoisotopic (exact) mass is 547 g/mol. The minimum absolute atomic E-state index is 0.0968. The van der Waals surface area contributed by atoms with Crippen LogP contribution in [-0.2, 0) is 29.1 Å². The van der Waals surface area contributed by atoms with Crippen molar-refractivity contribution in [3.63, 3.8) is 0 Å². The number of rotatable bonds is 14. The Morgan fingerprint density at radius 2 is 1.38 bits per heavy atom. The van der Waals surface area contributed by atoms with Crippen molar-refractivity contribution >= 4 is 12.2 Å². The Kier molecular flexibility index (Phi) is 12.8. The highest BCUT2D eigenvalue weighted by Crippen LogP contribution is 2.14. The Balaban J connectivity index is 1.65. The van der Waals surface area contributed by atoms with Crippen LogP contribution in [0.1, 0.15) is 43.9 Å². The maximum atomic E-state index is 13.3. The van der Waals surface area contributed by atoms with Crippen molar-refractivity contribution in [2.45, 2.75) is 52.9 Å². The molecule has 0 saturated heterocycles. The highest BCUT2D eigenvalue weighted by Gasteiger charge is 2.28. The van der Waals surface area contributed by atoms with Crippen LogP contribution in [0.25, 0.3) is 0 Å². The summed E-state index contributed by atoms with van der Waals surface area (Å²) in [6.07, 6.45) is 0.118. The second-order valence-corrected chi connectivity index (χ2v) is 9.37. The number of likely N-dealkylation sites (N-methyl/N-ethyl adjacent to an activating group) is 1. The highest BCUT2D eigenvalue weighted by atomic mass is 16.6. The van der Waals surface area contributed by atoms with Gasteiger partial charge in [0.05, 0.1) is 12.6 Å². The number of hydrazine groups is 1. The van der Waals surface area contributed by atoms with Crippen molar-refractivity contribution in [2.24, 2.45) is 0 Å². The minimum Gasteiger partial charge on any atom is -0.494 e. The van der Waals surface area contributed by atoms with Gasteiger partial charge >= 0.3 is 12.2 Å². The lowest BCUT2D eigenvalue weighted by Crippen LogP contribution is -2.55. The number of ether oxygens (including phenoxy) is 3. The van der Waals surface area contributed by atoms with E-state index in [2.05, 4.69) is 29.4 Å². The van der Waals surface area contributed by atoms with E-state index in [9.17, 15) is 9.59 Å². The van der Waals surface area contributed by atoms with Crippen molar-refractivity contribution in [3.8, 4) is 5.75 Å². The molecule has 3 rings (SSSR count). The quantitative estimate of drug-likeness (QED) is 0.242. The van der Waals surface area contributed by atoms with Crippen LogP contribution in [0.4, 0.5) is 9.59 Å². The molecule has 0 aliphatic carbocycles. The van der Waals surface area contributed by atoms with E-state index in [1.165, 1.54) is 10.6 Å². The first-order chi connectivity index (χ1) is 19.5. The summed E-state index contributed by atoms with van der Waals surface area (Å²) in [7, 11) is 0. The van der Waals surface area contributed by atoms with Crippen LogP contribution in [-0.4, -0.2) is 54.4 Å². The number of hydrogen-bond acceptors (Lipinski definition) is 6. The van der Waals surface area contributed by atoms with Crippen molar-refractivity contribution in [3.05, 3.63) is 102 Å². The first-order valence-electron chi connectivity index (χ1n) is 13.9. The molecular weight excluding hydrogens is 506 g/mol. The third kappa shape index (κ3) is 10.3. The Morgan fingerprint density at radius 1 is 0.775 bits per heavy atom. The molecule has 0 aliphatic heterocycles. The van der Waals surface area contributed by atoms with Crippen LogP contribution in [0.3, 0.4) is 0 Å². The zero-order valence-electron chi connectivity index (χ0n) is 23.8. The van der Waals surface area contributed by atoms with Crippen LogP contribution in [0.2, 0.25) is 0 Å². The normalized spacial score (nSPS) is 11.5. The maximum absolute atomic E-state index is 13.3. The Morgan fingerprint density at radius 3 is 1.93 bits per heavy atom. The number of hydrogen-bond donors (Lipinski definition) is 1. The standard InChI is InChI=1S/C32H41N3O5/c1-4-29(23-34(5-2)22-21-26-17-19-30(20-18-26)38-6-3)35(32(37)40-25-28-15-11-8-12-16-28)33-31(36)39-24-27-13-9-7-10-14-27/h7-20,29H,4-6,21-25H2,1-3H3,(H,33,36). The summed E-state index contributed by atoms with van der Waals surface area (Å²) < 4.78 is 16.5. The Hall–Kier alpha value is -4.04. The molecule has 0 heterocycles. The molecule has 8 heteroatoms. The van der Waals surface area contributed by atoms with Gasteiger partial charge in [-0.1, -0.05) is 86.6 Å². The van der Waals surface area contributed by atoms with Gasteiger partial charge in [-0.2, -0.15) is 0 Å². The van der Waals surface area contributed by atoms with Crippen LogP contribution in [0.5, 0.6) is 5.75 Å². The van der Waals surface area contributed by atoms with E-state index in [1.807, 2.05) is 86.6 Å². The number of carbonyl (C=O) groups excluding carboxylic acids is 2. The van der Waals surface area contributed by atoms with E-state index < -0.39 is 12.2 Å². The Labute approximate surface area is 237 Å². The first-order valence-corrected chi connectivity index (χ1v) is 13.9. The molecule has 1 unspecified atom stereocenters. The van der Waals surface area contributed by atoms with E-state index in [4.69, 9.17) is 14.2 Å². The SMILES string of the molecule is CCOc1ccc(CCN(CC)CC(CC)N(NC(=O)OCc2ccccc2)C(=O)OCc2ccccc2)cc1. The highest BCUT2D eigenvalue weighted by molar-refractivity contribution is 5.74. The lowest BCUT2D eigenvalue weighted by Gasteiger charge is -2.33. The van der Waals surface area contributed by atoms with E-state index in [1.54, 1.807) is 0 Å². The van der Waals surface area contributed by atoms with Gasteiger partial charge in [0.25, 0.3) is 0 Å². The van der Waals surface area contributed by atoms with Gasteiger partial charge in [0.1, 0.15) is 19.0 Å². The second-order valence-electron chi connectivity index (χ2n) is 9.37. The maximum Gasteiger partial charge on any atom is 0.429 e. The summed E-state index contributed by atoms with van der Waals surface area (Å²) in [4.78, 5) is 28.3. The average molecular weight is 548 g/mol. The van der Waals surface area contributed by atoms with Crippen LogP contribution >= 0.6 is 0 Å². The molecule has 8 nitrogen and oxygen atoms in total. The van der Waals surface area contributed by atoms with Gasteiger partial charge in [0, 0.05) is 13.1 Å². The lowest BCUT2D eigenvalue weighted by molar-refractivity contribution is 0.0368. The van der Waals surface area contributed by atoms with Gasteiger partial charge in [-0.3, -0.25) is 0 Å². The molecule has 0 aliphatic rings. The first kappa shape index (κ1) is 30.5. The fraction of sp³-hybridized carbons (Fsp3) is 0.375. The Bertz CT molecular complexity index is 1140. The molecule has 0 spiro atoms. The van der Waals surface area contributed by atoms with Gasteiger partial charge in [0.2, 0.25) is 0 Å². The molecule has 0 radical (unpaired) electrons. The van der Waals surface area contributed by atoms with Crippen LogP contribution < -0.4 is 10.2 Å². The molecule has 2 amide bonds.